The summed E-state index contributed by atoms with van der Waals surface area (Å²) >= 11 is 0. The van der Waals surface area contributed by atoms with Crippen molar-refractivity contribution < 1.29 is 9.53 Å². The molecular formula is C12H23NO2. The molecule has 3 heteroatoms. The van der Waals surface area contributed by atoms with Crippen LogP contribution in [0, 0.1) is 11.8 Å². The van der Waals surface area contributed by atoms with Gasteiger partial charge >= 0.3 is 5.97 Å². The molecule has 0 amide bonds. The van der Waals surface area contributed by atoms with Gasteiger partial charge in [0.15, 0.2) is 0 Å². The van der Waals surface area contributed by atoms with E-state index in [1.807, 2.05) is 6.92 Å². The summed E-state index contributed by atoms with van der Waals surface area (Å²) in [5, 5.41) is 3.50. The quantitative estimate of drug-likeness (QED) is 0.709. The number of ether oxygens (including phenoxy) is 1. The minimum atomic E-state index is -0.129. The van der Waals surface area contributed by atoms with Crippen LogP contribution in [0.4, 0.5) is 0 Å². The van der Waals surface area contributed by atoms with Crippen molar-refractivity contribution in [2.45, 2.75) is 52.1 Å². The van der Waals surface area contributed by atoms with Crippen LogP contribution in [-0.2, 0) is 9.53 Å². The molecule has 15 heavy (non-hydrogen) atoms. The van der Waals surface area contributed by atoms with Gasteiger partial charge in [-0.3, -0.25) is 4.79 Å². The summed E-state index contributed by atoms with van der Waals surface area (Å²) in [5.41, 5.74) is 0. The minimum Gasteiger partial charge on any atom is -0.469 e. The first-order valence-electron chi connectivity index (χ1n) is 5.90. The average Bonchev–Trinajstić information content (AvgIpc) is 2.12. The lowest BCUT2D eigenvalue weighted by atomic mass is 9.80. The molecule has 3 nitrogen and oxygen atoms in total. The van der Waals surface area contributed by atoms with E-state index in [1.54, 1.807) is 0 Å². The number of nitrogens with one attached hydrogen (secondary N) is 1. The van der Waals surface area contributed by atoms with Crippen LogP contribution < -0.4 is 5.32 Å². The van der Waals surface area contributed by atoms with Gasteiger partial charge in [0.25, 0.3) is 0 Å². The summed E-state index contributed by atoms with van der Waals surface area (Å²) in [4.78, 5) is 11.3. The number of carbonyl (C=O) groups is 1. The zero-order valence-electron chi connectivity index (χ0n) is 10.2. The lowest BCUT2D eigenvalue weighted by Crippen LogP contribution is -2.46. The zero-order valence-corrected chi connectivity index (χ0v) is 10.2. The van der Waals surface area contributed by atoms with Crippen molar-refractivity contribution in [1.29, 1.82) is 0 Å². The van der Waals surface area contributed by atoms with Gasteiger partial charge in [0.2, 0.25) is 0 Å². The molecule has 1 rings (SSSR count). The molecule has 1 aliphatic carbocycles. The number of methoxy groups -OCH3 is 1. The average molecular weight is 213 g/mol. The Hall–Kier alpha value is -0.570. The van der Waals surface area contributed by atoms with Gasteiger partial charge < -0.3 is 10.1 Å². The van der Waals surface area contributed by atoms with Gasteiger partial charge in [-0.05, 0) is 32.6 Å². The maximum atomic E-state index is 11.3. The molecule has 0 aromatic carbocycles. The highest BCUT2D eigenvalue weighted by atomic mass is 16.5. The third-order valence-electron chi connectivity index (χ3n) is 3.71. The van der Waals surface area contributed by atoms with Gasteiger partial charge in [0, 0.05) is 12.1 Å². The minimum absolute atomic E-state index is 0.0717. The van der Waals surface area contributed by atoms with Gasteiger partial charge in [-0.1, -0.05) is 13.3 Å². The maximum absolute atomic E-state index is 11.3. The Bertz CT molecular complexity index is 214. The van der Waals surface area contributed by atoms with E-state index in [9.17, 15) is 4.79 Å². The molecule has 0 bridgehead atoms. The van der Waals surface area contributed by atoms with Gasteiger partial charge in [0.1, 0.15) is 0 Å². The SMILES string of the molecule is COC(=O)C(C)C(C)NC(C)C1CCC1. The molecule has 0 heterocycles. The molecule has 1 saturated carbocycles. The number of hydrogen-bond donors (Lipinski definition) is 1. The second-order valence-electron chi connectivity index (χ2n) is 4.75. The molecule has 0 saturated heterocycles. The van der Waals surface area contributed by atoms with E-state index in [2.05, 4.69) is 19.2 Å². The standard InChI is InChI=1S/C12H23NO2/c1-8(12(14)15-4)9(2)13-10(3)11-6-5-7-11/h8-11,13H,5-7H2,1-4H3. The van der Waals surface area contributed by atoms with E-state index in [1.165, 1.54) is 26.4 Å². The first-order chi connectivity index (χ1) is 7.06. The lowest BCUT2D eigenvalue weighted by molar-refractivity contribution is -0.145. The fourth-order valence-corrected chi connectivity index (χ4v) is 2.02. The van der Waals surface area contributed by atoms with Crippen LogP contribution in [0.1, 0.15) is 40.0 Å². The lowest BCUT2D eigenvalue weighted by Gasteiger charge is -2.34. The van der Waals surface area contributed by atoms with Crippen LogP contribution in [0.15, 0.2) is 0 Å². The van der Waals surface area contributed by atoms with Crippen molar-refractivity contribution >= 4 is 5.97 Å². The second-order valence-corrected chi connectivity index (χ2v) is 4.75. The Labute approximate surface area is 92.6 Å². The smallest absolute Gasteiger partial charge is 0.309 e. The maximum Gasteiger partial charge on any atom is 0.309 e. The molecule has 0 aromatic rings. The molecule has 1 fully saturated rings. The van der Waals surface area contributed by atoms with Crippen LogP contribution in [0.3, 0.4) is 0 Å². The van der Waals surface area contributed by atoms with E-state index in [-0.39, 0.29) is 17.9 Å². The molecular weight excluding hydrogens is 190 g/mol. The second kappa shape index (κ2) is 5.50. The summed E-state index contributed by atoms with van der Waals surface area (Å²) in [6.07, 6.45) is 4.01. The fraction of sp³-hybridized carbons (Fsp3) is 0.917. The van der Waals surface area contributed by atoms with Gasteiger partial charge in [-0.2, -0.15) is 0 Å². The Balaban J connectivity index is 2.32. The molecule has 3 atom stereocenters. The molecule has 0 aromatic heterocycles. The van der Waals surface area contributed by atoms with Crippen LogP contribution in [0.25, 0.3) is 0 Å². The van der Waals surface area contributed by atoms with E-state index in [4.69, 9.17) is 4.74 Å². The molecule has 0 spiro atoms. The first kappa shape index (κ1) is 12.5. The highest BCUT2D eigenvalue weighted by Crippen LogP contribution is 2.29. The summed E-state index contributed by atoms with van der Waals surface area (Å²) < 4.78 is 4.74. The third kappa shape index (κ3) is 3.20. The Morgan fingerprint density at radius 1 is 1.33 bits per heavy atom. The van der Waals surface area contributed by atoms with Crippen LogP contribution >= 0.6 is 0 Å². The van der Waals surface area contributed by atoms with Crippen molar-refractivity contribution in [3.8, 4) is 0 Å². The molecule has 1 N–H and O–H groups in total. The van der Waals surface area contributed by atoms with Crippen molar-refractivity contribution in [2.75, 3.05) is 7.11 Å². The molecule has 1 aliphatic rings. The van der Waals surface area contributed by atoms with Gasteiger partial charge in [0.05, 0.1) is 13.0 Å². The van der Waals surface area contributed by atoms with Crippen molar-refractivity contribution in [2.24, 2.45) is 11.8 Å². The van der Waals surface area contributed by atoms with Crippen molar-refractivity contribution in [1.82, 2.24) is 5.32 Å². The van der Waals surface area contributed by atoms with E-state index in [0.29, 0.717) is 6.04 Å². The first-order valence-corrected chi connectivity index (χ1v) is 5.90. The monoisotopic (exact) mass is 213 g/mol. The van der Waals surface area contributed by atoms with E-state index in [0.717, 1.165) is 5.92 Å². The van der Waals surface area contributed by atoms with E-state index < -0.39 is 0 Å². The van der Waals surface area contributed by atoms with Gasteiger partial charge in [-0.25, -0.2) is 0 Å². The van der Waals surface area contributed by atoms with Gasteiger partial charge in [-0.15, -0.1) is 0 Å². The normalized spacial score (nSPS) is 22.7. The summed E-state index contributed by atoms with van der Waals surface area (Å²) in [7, 11) is 1.45. The van der Waals surface area contributed by atoms with Crippen LogP contribution in [-0.4, -0.2) is 25.2 Å². The topological polar surface area (TPSA) is 38.3 Å². The van der Waals surface area contributed by atoms with Crippen LogP contribution in [0.5, 0.6) is 0 Å². The summed E-state index contributed by atoms with van der Waals surface area (Å²) in [6.45, 7) is 6.18. The predicted molar refractivity (Wildman–Crippen MR) is 60.6 cm³/mol. The Morgan fingerprint density at radius 3 is 2.33 bits per heavy atom. The molecule has 3 unspecified atom stereocenters. The van der Waals surface area contributed by atoms with E-state index >= 15 is 0 Å². The molecule has 0 radical (unpaired) electrons. The molecule has 88 valence electrons. The number of esters is 1. The Kier molecular flexibility index (Phi) is 4.58. The largest absolute Gasteiger partial charge is 0.469 e. The number of carbonyl (C=O) groups excluding carboxylic acids is 1. The predicted octanol–water partition coefficient (Wildman–Crippen LogP) is 1.96. The highest BCUT2D eigenvalue weighted by molar-refractivity contribution is 5.72. The number of hydrogen-bond acceptors (Lipinski definition) is 3. The molecule has 0 aliphatic heterocycles. The van der Waals surface area contributed by atoms with Crippen LogP contribution in [0.2, 0.25) is 0 Å². The third-order valence-corrected chi connectivity index (χ3v) is 3.71. The Morgan fingerprint density at radius 2 is 1.93 bits per heavy atom. The summed E-state index contributed by atoms with van der Waals surface area (Å²) in [5.74, 6) is 0.602. The summed E-state index contributed by atoms with van der Waals surface area (Å²) in [6, 6.07) is 0.703. The van der Waals surface area contributed by atoms with Crippen molar-refractivity contribution in [3.63, 3.8) is 0 Å². The fourth-order valence-electron chi connectivity index (χ4n) is 2.02. The number of rotatable bonds is 5. The highest BCUT2D eigenvalue weighted by Gasteiger charge is 2.27. The van der Waals surface area contributed by atoms with Crippen molar-refractivity contribution in [3.05, 3.63) is 0 Å². The zero-order chi connectivity index (χ0) is 11.4.